The van der Waals surface area contributed by atoms with Crippen LogP contribution >= 0.6 is 24.0 Å². The Labute approximate surface area is 169 Å². The van der Waals surface area contributed by atoms with E-state index in [9.17, 15) is 8.42 Å². The third-order valence-electron chi connectivity index (χ3n) is 4.72. The molecule has 2 N–H and O–H groups in total. The molecule has 1 atom stereocenters. The predicted molar refractivity (Wildman–Crippen MR) is 113 cm³/mol. The average molecular weight is 488 g/mol. The van der Waals surface area contributed by atoms with Gasteiger partial charge in [0, 0.05) is 31.7 Å². The lowest BCUT2D eigenvalue weighted by atomic mass is 10.0. The fourth-order valence-electron chi connectivity index (χ4n) is 3.16. The number of hydrogen-bond acceptors (Lipinski definition) is 5. The topological polar surface area (TPSA) is 83.0 Å². The van der Waals surface area contributed by atoms with Crippen molar-refractivity contribution < 1.29 is 13.2 Å². The first kappa shape index (κ1) is 22.9. The van der Waals surface area contributed by atoms with Crippen LogP contribution in [0.5, 0.6) is 0 Å². The van der Waals surface area contributed by atoms with Gasteiger partial charge in [-0.25, -0.2) is 8.42 Å². The molecule has 2 saturated heterocycles. The molecular formula is C16H33IN4O3S. The summed E-state index contributed by atoms with van der Waals surface area (Å²) in [5.74, 6) is 1.56. The summed E-state index contributed by atoms with van der Waals surface area (Å²) in [6.07, 6.45) is 0.744. The number of ether oxygens (including phenoxy) is 1. The van der Waals surface area contributed by atoms with Gasteiger partial charge in [-0.15, -0.1) is 24.0 Å². The molecule has 7 nitrogen and oxygen atoms in total. The molecule has 25 heavy (non-hydrogen) atoms. The summed E-state index contributed by atoms with van der Waals surface area (Å²) >= 11 is 0. The number of rotatable bonds is 6. The monoisotopic (exact) mass is 488 g/mol. The molecular weight excluding hydrogens is 455 g/mol. The second-order valence-electron chi connectivity index (χ2n) is 7.26. The van der Waals surface area contributed by atoms with E-state index in [1.165, 1.54) is 0 Å². The van der Waals surface area contributed by atoms with Gasteiger partial charge < -0.3 is 15.4 Å². The maximum absolute atomic E-state index is 11.6. The molecule has 2 aliphatic heterocycles. The molecule has 2 aliphatic rings. The lowest BCUT2D eigenvalue weighted by Crippen LogP contribution is -2.52. The summed E-state index contributed by atoms with van der Waals surface area (Å²) in [5, 5.41) is 6.56. The standard InChI is InChI=1S/C16H32N4O3S.HI/c1-4-17-15(18-11-14-5-10-24(21,22)12-14)19-13-16(2,3)20-6-8-23-9-7-20;/h14H,4-13H2,1-3H3,(H2,17,18,19);1H. The minimum absolute atomic E-state index is 0. The van der Waals surface area contributed by atoms with Gasteiger partial charge in [-0.3, -0.25) is 9.89 Å². The zero-order valence-electron chi connectivity index (χ0n) is 15.6. The van der Waals surface area contributed by atoms with Gasteiger partial charge in [0.15, 0.2) is 15.8 Å². The predicted octanol–water partition coefficient (Wildman–Crippen LogP) is 0.705. The minimum Gasteiger partial charge on any atom is -0.379 e. The Bertz CT molecular complexity index is 533. The smallest absolute Gasteiger partial charge is 0.191 e. The van der Waals surface area contributed by atoms with Gasteiger partial charge in [0.1, 0.15) is 0 Å². The van der Waals surface area contributed by atoms with Crippen LogP contribution in [0.1, 0.15) is 27.2 Å². The van der Waals surface area contributed by atoms with Crippen LogP contribution in [0.4, 0.5) is 0 Å². The van der Waals surface area contributed by atoms with Gasteiger partial charge >= 0.3 is 0 Å². The highest BCUT2D eigenvalue weighted by atomic mass is 127. The van der Waals surface area contributed by atoms with Crippen molar-refractivity contribution in [2.45, 2.75) is 32.7 Å². The van der Waals surface area contributed by atoms with Crippen LogP contribution < -0.4 is 10.6 Å². The first-order valence-electron chi connectivity index (χ1n) is 8.88. The number of nitrogens with one attached hydrogen (secondary N) is 2. The SMILES string of the molecule is CCNC(=NCC(C)(C)N1CCOCC1)NCC1CCS(=O)(=O)C1.I. The first-order valence-corrected chi connectivity index (χ1v) is 10.7. The van der Waals surface area contributed by atoms with E-state index in [0.29, 0.717) is 24.6 Å². The second-order valence-corrected chi connectivity index (χ2v) is 9.49. The van der Waals surface area contributed by atoms with Crippen molar-refractivity contribution >= 4 is 39.8 Å². The molecule has 0 radical (unpaired) electrons. The Kier molecular flexibility index (Phi) is 9.41. The van der Waals surface area contributed by atoms with Crippen molar-refractivity contribution in [3.8, 4) is 0 Å². The number of sulfone groups is 1. The fourth-order valence-corrected chi connectivity index (χ4v) is 5.02. The van der Waals surface area contributed by atoms with Crippen LogP contribution in [-0.2, 0) is 14.6 Å². The average Bonchev–Trinajstić information content (AvgIpc) is 2.90. The van der Waals surface area contributed by atoms with Gasteiger partial charge in [0.25, 0.3) is 0 Å². The van der Waals surface area contributed by atoms with E-state index in [4.69, 9.17) is 9.73 Å². The fraction of sp³-hybridized carbons (Fsp3) is 0.938. The normalized spacial score (nSPS) is 24.6. The van der Waals surface area contributed by atoms with E-state index >= 15 is 0 Å². The molecule has 0 aliphatic carbocycles. The second kappa shape index (κ2) is 10.3. The molecule has 0 aromatic rings. The number of guanidine groups is 1. The highest BCUT2D eigenvalue weighted by Gasteiger charge is 2.29. The highest BCUT2D eigenvalue weighted by molar-refractivity contribution is 14.0. The first-order chi connectivity index (χ1) is 11.3. The van der Waals surface area contributed by atoms with Crippen LogP contribution in [-0.4, -0.2) is 82.3 Å². The Hall–Kier alpha value is -0.130. The quantitative estimate of drug-likeness (QED) is 0.326. The molecule has 0 aromatic heterocycles. The van der Waals surface area contributed by atoms with Crippen molar-refractivity contribution in [2.24, 2.45) is 10.9 Å². The lowest BCUT2D eigenvalue weighted by molar-refractivity contribution is -0.00683. The van der Waals surface area contributed by atoms with Crippen LogP contribution in [0.15, 0.2) is 4.99 Å². The van der Waals surface area contributed by atoms with Crippen LogP contribution in [0.3, 0.4) is 0 Å². The Morgan fingerprint density at radius 1 is 1.28 bits per heavy atom. The van der Waals surface area contributed by atoms with Gasteiger partial charge in [-0.05, 0) is 33.1 Å². The summed E-state index contributed by atoms with van der Waals surface area (Å²) in [6, 6.07) is 0. The van der Waals surface area contributed by atoms with Crippen molar-refractivity contribution in [1.29, 1.82) is 0 Å². The molecule has 0 saturated carbocycles. The van der Waals surface area contributed by atoms with E-state index in [-0.39, 0.29) is 35.4 Å². The van der Waals surface area contributed by atoms with Crippen molar-refractivity contribution in [2.75, 3.05) is 57.4 Å². The van der Waals surface area contributed by atoms with Crippen molar-refractivity contribution in [1.82, 2.24) is 15.5 Å². The van der Waals surface area contributed by atoms with E-state index in [1.54, 1.807) is 0 Å². The molecule has 9 heteroatoms. The van der Waals surface area contributed by atoms with Crippen LogP contribution in [0.25, 0.3) is 0 Å². The molecule has 2 fully saturated rings. The Balaban J connectivity index is 0.00000312. The lowest BCUT2D eigenvalue weighted by Gasteiger charge is -2.39. The third kappa shape index (κ3) is 7.56. The Morgan fingerprint density at radius 3 is 2.52 bits per heavy atom. The van der Waals surface area contributed by atoms with Crippen LogP contribution in [0.2, 0.25) is 0 Å². The maximum atomic E-state index is 11.6. The molecule has 0 aromatic carbocycles. The Morgan fingerprint density at radius 2 is 1.96 bits per heavy atom. The van der Waals surface area contributed by atoms with Crippen LogP contribution in [0, 0.1) is 5.92 Å². The van der Waals surface area contributed by atoms with Crippen molar-refractivity contribution in [3.63, 3.8) is 0 Å². The van der Waals surface area contributed by atoms with Gasteiger partial charge in [0.05, 0.1) is 31.3 Å². The zero-order valence-corrected chi connectivity index (χ0v) is 18.7. The summed E-state index contributed by atoms with van der Waals surface area (Å²) in [4.78, 5) is 7.13. The van der Waals surface area contributed by atoms with Gasteiger partial charge in [0.2, 0.25) is 0 Å². The van der Waals surface area contributed by atoms with Crippen molar-refractivity contribution in [3.05, 3.63) is 0 Å². The molecule has 1 unspecified atom stereocenters. The number of nitrogens with zero attached hydrogens (tertiary/aromatic N) is 2. The molecule has 148 valence electrons. The minimum atomic E-state index is -2.82. The van der Waals surface area contributed by atoms with Gasteiger partial charge in [-0.1, -0.05) is 0 Å². The summed E-state index contributed by atoms with van der Waals surface area (Å²) in [5.41, 5.74) is -0.0250. The largest absolute Gasteiger partial charge is 0.379 e. The highest BCUT2D eigenvalue weighted by Crippen LogP contribution is 2.18. The summed E-state index contributed by atoms with van der Waals surface area (Å²) in [6.45, 7) is 12.0. The number of aliphatic imine (C=N–C) groups is 1. The van der Waals surface area contributed by atoms with E-state index in [1.807, 2.05) is 6.92 Å². The summed E-state index contributed by atoms with van der Waals surface area (Å²) < 4.78 is 28.5. The van der Waals surface area contributed by atoms with Gasteiger partial charge in [-0.2, -0.15) is 0 Å². The number of halogens is 1. The maximum Gasteiger partial charge on any atom is 0.191 e. The van der Waals surface area contributed by atoms with E-state index in [2.05, 4.69) is 29.4 Å². The zero-order chi connectivity index (χ0) is 17.6. The molecule has 0 bridgehead atoms. The molecule has 0 spiro atoms. The van der Waals surface area contributed by atoms with E-state index in [0.717, 1.165) is 45.2 Å². The number of hydrogen-bond donors (Lipinski definition) is 2. The number of morpholine rings is 1. The molecule has 2 rings (SSSR count). The summed E-state index contributed by atoms with van der Waals surface area (Å²) in [7, 11) is -2.82. The molecule has 2 heterocycles. The third-order valence-corrected chi connectivity index (χ3v) is 6.56. The molecule has 0 amide bonds. The van der Waals surface area contributed by atoms with E-state index < -0.39 is 9.84 Å².